The second kappa shape index (κ2) is 8.82. The van der Waals surface area contributed by atoms with Crippen molar-refractivity contribution in [3.05, 3.63) is 59.4 Å². The topological polar surface area (TPSA) is 91.0 Å². The molecule has 0 spiro atoms. The monoisotopic (exact) mass is 452 g/mol. The number of hydrogen-bond acceptors (Lipinski definition) is 5. The molecule has 5 rings (SSSR count). The number of rotatable bonds is 6. The van der Waals surface area contributed by atoms with Crippen LogP contribution in [0.1, 0.15) is 34.8 Å². The number of halogens is 1. The van der Waals surface area contributed by atoms with Gasteiger partial charge in [0.2, 0.25) is 11.8 Å². The fraction of sp³-hybridized carbons (Fsp3) is 0.375. The Morgan fingerprint density at radius 3 is 2.58 bits per heavy atom. The van der Waals surface area contributed by atoms with E-state index in [4.69, 9.17) is 4.74 Å². The third-order valence-electron chi connectivity index (χ3n) is 6.19. The average Bonchev–Trinajstić information content (AvgIpc) is 3.62. The van der Waals surface area contributed by atoms with Crippen LogP contribution in [0.15, 0.2) is 42.5 Å². The predicted octanol–water partition coefficient (Wildman–Crippen LogP) is 2.08. The van der Waals surface area contributed by atoms with Crippen molar-refractivity contribution < 1.29 is 23.5 Å². The van der Waals surface area contributed by atoms with Gasteiger partial charge in [0.1, 0.15) is 11.9 Å². The third kappa shape index (κ3) is 4.28. The summed E-state index contributed by atoms with van der Waals surface area (Å²) in [5.41, 5.74) is 1.97. The van der Waals surface area contributed by atoms with Crippen molar-refractivity contribution in [3.8, 4) is 0 Å². The van der Waals surface area contributed by atoms with Gasteiger partial charge < -0.3 is 25.2 Å². The molecule has 172 valence electrons. The molecule has 2 N–H and O–H groups in total. The van der Waals surface area contributed by atoms with E-state index in [-0.39, 0.29) is 18.5 Å². The zero-order chi connectivity index (χ0) is 22.9. The molecule has 2 heterocycles. The summed E-state index contributed by atoms with van der Waals surface area (Å²) in [6.45, 7) is 2.04. The first-order valence-corrected chi connectivity index (χ1v) is 11.1. The third-order valence-corrected chi connectivity index (χ3v) is 6.19. The minimum atomic E-state index is -0.737. The van der Waals surface area contributed by atoms with Crippen LogP contribution in [0.4, 0.5) is 15.8 Å². The Morgan fingerprint density at radius 1 is 1.09 bits per heavy atom. The van der Waals surface area contributed by atoms with Crippen LogP contribution in [-0.2, 0) is 14.3 Å². The predicted molar refractivity (Wildman–Crippen MR) is 119 cm³/mol. The number of carbonyl (C=O) groups is 3. The van der Waals surface area contributed by atoms with Crippen LogP contribution < -0.4 is 15.5 Å². The molecule has 1 saturated heterocycles. The molecule has 3 amide bonds. The lowest BCUT2D eigenvalue weighted by atomic mass is 10.0. The number of carbonyl (C=O) groups excluding carboxylic acids is 3. The average molecular weight is 452 g/mol. The Morgan fingerprint density at radius 2 is 1.85 bits per heavy atom. The molecule has 3 aliphatic rings. The van der Waals surface area contributed by atoms with Crippen molar-refractivity contribution in [2.45, 2.75) is 24.9 Å². The van der Waals surface area contributed by atoms with Gasteiger partial charge in [-0.15, -0.1) is 0 Å². The van der Waals surface area contributed by atoms with Crippen LogP contribution in [-0.4, -0.2) is 61.5 Å². The van der Waals surface area contributed by atoms with E-state index in [1.54, 1.807) is 41.3 Å². The van der Waals surface area contributed by atoms with E-state index in [0.29, 0.717) is 48.8 Å². The molecule has 0 bridgehead atoms. The van der Waals surface area contributed by atoms with Gasteiger partial charge in [-0.3, -0.25) is 14.4 Å². The molecule has 8 nitrogen and oxygen atoms in total. The highest BCUT2D eigenvalue weighted by Gasteiger charge is 2.47. The number of fused-ring (bicyclic) bond motifs is 1. The van der Waals surface area contributed by atoms with Gasteiger partial charge in [-0.25, -0.2) is 4.39 Å². The summed E-state index contributed by atoms with van der Waals surface area (Å²) in [6, 6.07) is 10.9. The zero-order valence-electron chi connectivity index (χ0n) is 18.1. The summed E-state index contributed by atoms with van der Waals surface area (Å²) in [5, 5.41) is 5.25. The zero-order valence-corrected chi connectivity index (χ0v) is 18.1. The highest BCUT2D eigenvalue weighted by Crippen LogP contribution is 2.41. The quantitative estimate of drug-likeness (QED) is 0.701. The molecular formula is C24H25FN4O4. The van der Waals surface area contributed by atoms with E-state index < -0.39 is 23.7 Å². The Bertz CT molecular complexity index is 1100. The molecule has 2 fully saturated rings. The summed E-state index contributed by atoms with van der Waals surface area (Å²) < 4.78 is 19.9. The Hall–Kier alpha value is -3.46. The minimum Gasteiger partial charge on any atom is -0.378 e. The van der Waals surface area contributed by atoms with E-state index in [9.17, 15) is 18.8 Å². The lowest BCUT2D eigenvalue weighted by Crippen LogP contribution is -2.42. The number of nitrogens with one attached hydrogen (secondary N) is 2. The molecule has 33 heavy (non-hydrogen) atoms. The highest BCUT2D eigenvalue weighted by atomic mass is 19.1. The second-order valence-electron chi connectivity index (χ2n) is 8.46. The number of amides is 3. The molecule has 0 radical (unpaired) electrons. The number of benzene rings is 2. The van der Waals surface area contributed by atoms with Crippen molar-refractivity contribution in [2.24, 2.45) is 0 Å². The Balaban J connectivity index is 1.21. The Labute approximate surface area is 190 Å². The smallest absolute Gasteiger partial charge is 0.255 e. The van der Waals surface area contributed by atoms with Crippen LogP contribution in [0.3, 0.4) is 0 Å². The lowest BCUT2D eigenvalue weighted by molar-refractivity contribution is -0.127. The van der Waals surface area contributed by atoms with Gasteiger partial charge in [0.25, 0.3) is 5.91 Å². The minimum absolute atomic E-state index is 0.0578. The standard InChI is InChI=1S/C24H25FN4O4/c25-19-13-15(5-8-20(19)28-9-11-33-12-10-28)27-21(30)14-26-23(31)22-17-3-1-2-4-18(17)24(32)29(22)16-6-7-16/h1-5,8,13,16,22H,6-7,9-12,14H2,(H,26,31)(H,27,30). The molecule has 2 aromatic rings. The largest absolute Gasteiger partial charge is 0.378 e. The van der Waals surface area contributed by atoms with Gasteiger partial charge in [0.05, 0.1) is 25.4 Å². The van der Waals surface area contributed by atoms with Crippen molar-refractivity contribution in [3.63, 3.8) is 0 Å². The van der Waals surface area contributed by atoms with E-state index in [2.05, 4.69) is 10.6 Å². The van der Waals surface area contributed by atoms with Gasteiger partial charge >= 0.3 is 0 Å². The van der Waals surface area contributed by atoms with Crippen molar-refractivity contribution in [1.29, 1.82) is 0 Å². The normalized spacial score (nSPS) is 19.9. The first-order chi connectivity index (χ1) is 16.0. The summed E-state index contributed by atoms with van der Waals surface area (Å²) in [5.74, 6) is -1.45. The maximum atomic E-state index is 14.6. The van der Waals surface area contributed by atoms with Crippen molar-refractivity contribution in [2.75, 3.05) is 43.1 Å². The molecule has 1 aliphatic carbocycles. The van der Waals surface area contributed by atoms with E-state index in [1.165, 1.54) is 6.07 Å². The second-order valence-corrected chi connectivity index (χ2v) is 8.46. The van der Waals surface area contributed by atoms with Gasteiger partial charge in [0, 0.05) is 30.4 Å². The van der Waals surface area contributed by atoms with Crippen LogP contribution in [0.5, 0.6) is 0 Å². The van der Waals surface area contributed by atoms with Crippen LogP contribution >= 0.6 is 0 Å². The maximum absolute atomic E-state index is 14.6. The van der Waals surface area contributed by atoms with Crippen molar-refractivity contribution >= 4 is 29.1 Å². The molecule has 0 aromatic heterocycles. The SMILES string of the molecule is O=C(CNC(=O)C1c2ccccc2C(=O)N1C1CC1)Nc1ccc(N2CCOCC2)c(F)c1. The van der Waals surface area contributed by atoms with Gasteiger partial charge in [-0.2, -0.15) is 0 Å². The molecule has 9 heteroatoms. The molecule has 2 aliphatic heterocycles. The first kappa shape index (κ1) is 21.4. The number of hydrogen-bond donors (Lipinski definition) is 2. The Kier molecular flexibility index (Phi) is 5.72. The molecule has 1 unspecified atom stereocenters. The lowest BCUT2D eigenvalue weighted by Gasteiger charge is -2.29. The van der Waals surface area contributed by atoms with E-state index >= 15 is 0 Å². The number of anilines is 2. The van der Waals surface area contributed by atoms with Crippen LogP contribution in [0.25, 0.3) is 0 Å². The van der Waals surface area contributed by atoms with E-state index in [1.807, 2.05) is 4.90 Å². The summed E-state index contributed by atoms with van der Waals surface area (Å²) >= 11 is 0. The van der Waals surface area contributed by atoms with Gasteiger partial charge in [0.15, 0.2) is 0 Å². The number of ether oxygens (including phenoxy) is 1. The molecule has 1 atom stereocenters. The summed E-state index contributed by atoms with van der Waals surface area (Å²) in [6.07, 6.45) is 1.74. The fourth-order valence-electron chi connectivity index (χ4n) is 4.45. The van der Waals surface area contributed by atoms with E-state index in [0.717, 1.165) is 12.8 Å². The number of morpholine rings is 1. The van der Waals surface area contributed by atoms with Gasteiger partial charge in [-0.05, 0) is 42.7 Å². The molecular weight excluding hydrogens is 427 g/mol. The van der Waals surface area contributed by atoms with Crippen molar-refractivity contribution in [1.82, 2.24) is 10.2 Å². The highest BCUT2D eigenvalue weighted by molar-refractivity contribution is 6.05. The van der Waals surface area contributed by atoms with Crippen LogP contribution in [0.2, 0.25) is 0 Å². The summed E-state index contributed by atoms with van der Waals surface area (Å²) in [7, 11) is 0. The summed E-state index contributed by atoms with van der Waals surface area (Å²) in [4.78, 5) is 41.7. The van der Waals surface area contributed by atoms with Crippen LogP contribution in [0, 0.1) is 5.82 Å². The van der Waals surface area contributed by atoms with Gasteiger partial charge in [-0.1, -0.05) is 18.2 Å². The fourth-order valence-corrected chi connectivity index (χ4v) is 4.45. The number of nitrogens with zero attached hydrogens (tertiary/aromatic N) is 2. The molecule has 1 saturated carbocycles. The maximum Gasteiger partial charge on any atom is 0.255 e. The first-order valence-electron chi connectivity index (χ1n) is 11.1. The molecule has 2 aromatic carbocycles.